The third kappa shape index (κ3) is 5.65. The first-order chi connectivity index (χ1) is 11.9. The molecule has 0 bridgehead atoms. The number of carbonyl (C=O) groups excluding carboxylic acids is 1. The normalized spacial score (nSPS) is 11.2. The lowest BCUT2D eigenvalue weighted by Gasteiger charge is -2.09. The number of hydrogen-bond donors (Lipinski definition) is 1. The molecule has 1 N–H and O–H groups in total. The number of aryl methyl sites for hydroxylation is 1. The molecule has 1 aromatic heterocycles. The van der Waals surface area contributed by atoms with Gasteiger partial charge in [0.25, 0.3) is 5.56 Å². The van der Waals surface area contributed by atoms with Crippen LogP contribution in [0.3, 0.4) is 0 Å². The second-order valence-electron chi connectivity index (χ2n) is 5.07. The molecule has 0 aliphatic heterocycles. The Hall–Kier alpha value is -0.690. The predicted molar refractivity (Wildman–Crippen MR) is 111 cm³/mol. The molecule has 1 aromatic carbocycles. The van der Waals surface area contributed by atoms with Crippen LogP contribution in [0.2, 0.25) is 0 Å². The van der Waals surface area contributed by atoms with E-state index in [1.165, 1.54) is 23.0 Å². The molecule has 0 aliphatic carbocycles. The number of sulfone groups is 1. The van der Waals surface area contributed by atoms with Gasteiger partial charge in [-0.15, -0.1) is 0 Å². The molecular formula is C14H15Cl2IN2O5S2. The van der Waals surface area contributed by atoms with Crippen LogP contribution in [0.15, 0.2) is 28.0 Å². The minimum atomic E-state index is -3.36. The average Bonchev–Trinajstić information content (AvgIpc) is 2.88. The summed E-state index contributed by atoms with van der Waals surface area (Å²) in [5.74, 6) is -0.413. The Morgan fingerprint density at radius 1 is 1.31 bits per heavy atom. The van der Waals surface area contributed by atoms with E-state index in [4.69, 9.17) is 4.21 Å². The fourth-order valence-corrected chi connectivity index (χ4v) is 4.61. The molecule has 0 saturated heterocycles. The molecule has 0 unspecified atom stereocenters. The highest BCUT2D eigenvalue weighted by Gasteiger charge is 2.22. The van der Waals surface area contributed by atoms with Gasteiger partial charge in [-0.3, -0.25) is 14.3 Å². The van der Waals surface area contributed by atoms with Crippen molar-refractivity contribution in [2.75, 3.05) is 6.26 Å². The van der Waals surface area contributed by atoms with Crippen LogP contribution in [0.1, 0.15) is 28.4 Å². The van der Waals surface area contributed by atoms with Crippen LogP contribution in [-0.4, -0.2) is 34.4 Å². The van der Waals surface area contributed by atoms with Crippen molar-refractivity contribution in [3.63, 3.8) is 0 Å². The second-order valence-corrected chi connectivity index (χ2v) is 10.7. The minimum absolute atomic E-state index is 0.0489. The largest absolute Gasteiger partial charge is 0.302 e. The Morgan fingerprint density at radius 2 is 1.85 bits per heavy atom. The summed E-state index contributed by atoms with van der Waals surface area (Å²) in [6.45, 7) is 3.91. The zero-order chi connectivity index (χ0) is 20.2. The van der Waals surface area contributed by atoms with Gasteiger partial charge in [-0.1, -0.05) is 0 Å². The van der Waals surface area contributed by atoms with E-state index in [-0.39, 0.29) is 16.0 Å². The smallest absolute Gasteiger partial charge is 0.277 e. The number of aromatic amines is 1. The molecule has 1 heterocycles. The highest BCUT2D eigenvalue weighted by Crippen LogP contribution is 2.25. The number of nitrogens with one attached hydrogen (secondary N) is 1. The number of halogens is 3. The van der Waals surface area contributed by atoms with E-state index < -0.39 is 24.8 Å². The van der Waals surface area contributed by atoms with Gasteiger partial charge >= 0.3 is 0 Å². The molecular weight excluding hydrogens is 538 g/mol. The number of ketones is 1. The number of aromatic nitrogens is 2. The summed E-state index contributed by atoms with van der Waals surface area (Å²) >= 11 is 1.91. The van der Waals surface area contributed by atoms with Crippen LogP contribution in [-0.2, 0) is 25.6 Å². The van der Waals surface area contributed by atoms with Gasteiger partial charge in [-0.05, 0) is 54.1 Å². The van der Waals surface area contributed by atoms with Crippen molar-refractivity contribution in [3.05, 3.63) is 48.9 Å². The molecule has 0 atom stereocenters. The standard InChI is InChI=1S/C14H15IN2O4S.Cl2OS/c1-4-17-14(19)10(7-16-17)13(18)9-5-6-11(22(3,20)21)12(15)8(9)2;1-4(2)3/h5-7,16H,4H2,1-3H3;. The van der Waals surface area contributed by atoms with Crippen LogP contribution in [0.25, 0.3) is 0 Å². The Balaban J connectivity index is 0.000000765. The summed E-state index contributed by atoms with van der Waals surface area (Å²) in [5.41, 5.74) is 0.551. The first-order valence-electron chi connectivity index (χ1n) is 6.98. The molecule has 2 rings (SSSR count). The summed E-state index contributed by atoms with van der Waals surface area (Å²) in [5, 5.41) is 2.73. The number of carbonyl (C=O) groups is 1. The molecule has 0 amide bonds. The number of benzene rings is 1. The number of rotatable bonds is 4. The van der Waals surface area contributed by atoms with E-state index >= 15 is 0 Å². The van der Waals surface area contributed by atoms with Crippen molar-refractivity contribution in [2.24, 2.45) is 0 Å². The monoisotopic (exact) mass is 552 g/mol. The van der Waals surface area contributed by atoms with Gasteiger partial charge in [0, 0.05) is 49.5 Å². The summed E-state index contributed by atoms with van der Waals surface area (Å²) in [6.07, 6.45) is 2.50. The van der Waals surface area contributed by atoms with Gasteiger partial charge < -0.3 is 5.10 Å². The van der Waals surface area contributed by atoms with Crippen molar-refractivity contribution in [2.45, 2.75) is 25.3 Å². The van der Waals surface area contributed by atoms with E-state index in [9.17, 15) is 18.0 Å². The van der Waals surface area contributed by atoms with Crippen molar-refractivity contribution < 1.29 is 17.4 Å². The van der Waals surface area contributed by atoms with Gasteiger partial charge in [0.05, 0.1) is 4.90 Å². The molecule has 2 aromatic rings. The van der Waals surface area contributed by atoms with E-state index in [0.29, 0.717) is 21.2 Å². The first-order valence-corrected chi connectivity index (χ1v) is 12.7. The van der Waals surface area contributed by atoms with Crippen LogP contribution in [0.4, 0.5) is 0 Å². The van der Waals surface area contributed by atoms with Crippen LogP contribution >= 0.6 is 44.0 Å². The fourth-order valence-electron chi connectivity index (χ4n) is 2.14. The lowest BCUT2D eigenvalue weighted by atomic mass is 10.0. The van der Waals surface area contributed by atoms with E-state index in [1.54, 1.807) is 13.8 Å². The number of H-pyrrole nitrogens is 1. The van der Waals surface area contributed by atoms with Crippen LogP contribution in [0.5, 0.6) is 0 Å². The topological polar surface area (TPSA) is 106 Å². The highest BCUT2D eigenvalue weighted by atomic mass is 127. The zero-order valence-corrected chi connectivity index (χ0v) is 19.2. The zero-order valence-electron chi connectivity index (χ0n) is 13.9. The molecule has 26 heavy (non-hydrogen) atoms. The molecule has 144 valence electrons. The van der Waals surface area contributed by atoms with Crippen molar-refractivity contribution >= 4 is 68.8 Å². The predicted octanol–water partition coefficient (Wildman–Crippen LogP) is 2.79. The lowest BCUT2D eigenvalue weighted by Crippen LogP contribution is -2.21. The average molecular weight is 553 g/mol. The Morgan fingerprint density at radius 3 is 2.27 bits per heavy atom. The third-order valence-corrected chi connectivity index (χ3v) is 6.29. The Labute approximate surface area is 175 Å². The number of nitrogens with zero attached hydrogens (tertiary/aromatic N) is 1. The van der Waals surface area contributed by atoms with Crippen molar-refractivity contribution in [1.82, 2.24) is 9.78 Å². The van der Waals surface area contributed by atoms with Gasteiger partial charge in [0.15, 0.2) is 15.6 Å². The minimum Gasteiger partial charge on any atom is -0.302 e. The molecule has 0 fully saturated rings. The van der Waals surface area contributed by atoms with Gasteiger partial charge in [-0.25, -0.2) is 12.6 Å². The molecule has 0 aliphatic rings. The van der Waals surface area contributed by atoms with Crippen LogP contribution in [0, 0.1) is 10.5 Å². The Kier molecular flexibility index (Phi) is 8.52. The molecule has 0 radical (unpaired) electrons. The van der Waals surface area contributed by atoms with Crippen LogP contribution < -0.4 is 5.56 Å². The fraction of sp³-hybridized carbons (Fsp3) is 0.286. The Bertz CT molecular complexity index is 1010. The maximum atomic E-state index is 12.5. The second kappa shape index (κ2) is 9.49. The maximum absolute atomic E-state index is 12.5. The summed E-state index contributed by atoms with van der Waals surface area (Å²) in [7, 11) is 4.00. The summed E-state index contributed by atoms with van der Waals surface area (Å²) in [6, 6.07) is 2.86. The quantitative estimate of drug-likeness (QED) is 0.356. The van der Waals surface area contributed by atoms with Gasteiger partial charge in [0.1, 0.15) is 5.56 Å². The van der Waals surface area contributed by atoms with E-state index in [1.807, 2.05) is 22.6 Å². The summed E-state index contributed by atoms with van der Waals surface area (Å²) in [4.78, 5) is 24.8. The van der Waals surface area contributed by atoms with Crippen molar-refractivity contribution in [3.8, 4) is 0 Å². The van der Waals surface area contributed by atoms with Gasteiger partial charge in [0.2, 0.25) is 9.23 Å². The maximum Gasteiger partial charge on any atom is 0.277 e. The van der Waals surface area contributed by atoms with Gasteiger partial charge in [-0.2, -0.15) is 0 Å². The molecule has 7 nitrogen and oxygen atoms in total. The SMILES string of the molecule is CCn1[nH]cc(C(=O)c2ccc(S(C)(=O)=O)c(I)c2C)c1=O.O=S(Cl)Cl. The molecule has 0 saturated carbocycles. The van der Waals surface area contributed by atoms with E-state index in [0.717, 1.165) is 6.26 Å². The summed E-state index contributed by atoms with van der Waals surface area (Å²) < 4.78 is 34.3. The van der Waals surface area contributed by atoms with E-state index in [2.05, 4.69) is 26.5 Å². The third-order valence-electron chi connectivity index (χ3n) is 3.40. The molecule has 12 heteroatoms. The number of hydrogen-bond acceptors (Lipinski definition) is 5. The van der Waals surface area contributed by atoms with Crippen molar-refractivity contribution in [1.29, 1.82) is 0 Å². The first kappa shape index (κ1) is 23.3. The highest BCUT2D eigenvalue weighted by molar-refractivity contribution is 14.1. The lowest BCUT2D eigenvalue weighted by molar-refractivity contribution is 0.103. The molecule has 0 spiro atoms.